The molecule has 0 atom stereocenters. The first-order valence-corrected chi connectivity index (χ1v) is 8.04. The Morgan fingerprint density at radius 2 is 1.96 bits per heavy atom. The van der Waals surface area contributed by atoms with E-state index in [1.807, 2.05) is 0 Å². The van der Waals surface area contributed by atoms with Gasteiger partial charge in [-0.2, -0.15) is 0 Å². The van der Waals surface area contributed by atoms with E-state index in [1.165, 1.54) is 31.2 Å². The Bertz CT molecular complexity index is 945. The molecule has 1 heterocycles. The number of ketones is 1. The van der Waals surface area contributed by atoms with Gasteiger partial charge in [-0.3, -0.25) is 19.7 Å². The summed E-state index contributed by atoms with van der Waals surface area (Å²) in [6, 6.07) is 6.79. The van der Waals surface area contributed by atoms with E-state index in [9.17, 15) is 19.7 Å². The third-order valence-corrected chi connectivity index (χ3v) is 3.88. The van der Waals surface area contributed by atoms with Gasteiger partial charge >= 0.3 is 5.69 Å². The number of nitro benzene ring substituents is 1. The van der Waals surface area contributed by atoms with Gasteiger partial charge in [0.1, 0.15) is 0 Å². The van der Waals surface area contributed by atoms with Crippen LogP contribution in [0.4, 0.5) is 11.4 Å². The van der Waals surface area contributed by atoms with Crippen LogP contribution in [0.15, 0.2) is 30.3 Å². The van der Waals surface area contributed by atoms with Gasteiger partial charge in [-0.05, 0) is 25.1 Å². The number of nitrogens with one attached hydrogen (secondary N) is 1. The van der Waals surface area contributed by atoms with Crippen molar-refractivity contribution in [1.82, 2.24) is 0 Å². The molecule has 2 aromatic rings. The molecule has 140 valence electrons. The lowest BCUT2D eigenvalue weighted by molar-refractivity contribution is -0.385. The van der Waals surface area contributed by atoms with Gasteiger partial charge in [-0.15, -0.1) is 0 Å². The Morgan fingerprint density at radius 1 is 1.26 bits per heavy atom. The Labute approximate surface area is 157 Å². The molecule has 1 aliphatic heterocycles. The highest BCUT2D eigenvalue weighted by Crippen LogP contribution is 2.37. The molecule has 1 N–H and O–H groups in total. The number of ether oxygens (including phenoxy) is 3. The van der Waals surface area contributed by atoms with E-state index < -0.39 is 17.4 Å². The molecule has 1 aliphatic rings. The number of benzene rings is 2. The molecule has 0 bridgehead atoms. The van der Waals surface area contributed by atoms with E-state index >= 15 is 0 Å². The molecular weight excluding hydrogens is 380 g/mol. The third kappa shape index (κ3) is 4.09. The number of amides is 1. The maximum atomic E-state index is 12.2. The highest BCUT2D eigenvalue weighted by molar-refractivity contribution is 6.30. The van der Waals surface area contributed by atoms with Crippen molar-refractivity contribution >= 4 is 34.7 Å². The van der Waals surface area contributed by atoms with Crippen molar-refractivity contribution in [1.29, 1.82) is 0 Å². The molecule has 0 aromatic heterocycles. The summed E-state index contributed by atoms with van der Waals surface area (Å²) in [5.41, 5.74) is 0.110. The highest BCUT2D eigenvalue weighted by atomic mass is 35.5. The largest absolute Gasteiger partial charge is 0.477 e. The van der Waals surface area contributed by atoms with Crippen molar-refractivity contribution in [2.75, 3.05) is 18.7 Å². The zero-order valence-electron chi connectivity index (χ0n) is 14.0. The SMILES string of the molecule is CC(=O)c1cc2c(cc1NC(=O)COc1ccc(Cl)cc1[N+](=O)[O-])OCO2. The number of fused-ring (bicyclic) bond motifs is 1. The van der Waals surface area contributed by atoms with Crippen molar-refractivity contribution in [3.63, 3.8) is 0 Å². The minimum atomic E-state index is -0.662. The van der Waals surface area contributed by atoms with Crippen LogP contribution in [0.2, 0.25) is 5.02 Å². The molecule has 0 saturated heterocycles. The number of nitro groups is 1. The predicted octanol–water partition coefficient (Wildman–Crippen LogP) is 3.20. The summed E-state index contributed by atoms with van der Waals surface area (Å²) in [6.45, 7) is 0.864. The van der Waals surface area contributed by atoms with Crippen LogP contribution in [0.25, 0.3) is 0 Å². The van der Waals surface area contributed by atoms with Crippen molar-refractivity contribution in [2.24, 2.45) is 0 Å². The first kappa shape index (κ1) is 18.5. The van der Waals surface area contributed by atoms with Gasteiger partial charge in [0.05, 0.1) is 10.6 Å². The van der Waals surface area contributed by atoms with Crippen LogP contribution < -0.4 is 19.5 Å². The minimum Gasteiger partial charge on any atom is -0.477 e. The maximum Gasteiger partial charge on any atom is 0.312 e. The summed E-state index contributed by atoms with van der Waals surface area (Å²) in [7, 11) is 0. The van der Waals surface area contributed by atoms with Gasteiger partial charge < -0.3 is 19.5 Å². The molecule has 1 amide bonds. The van der Waals surface area contributed by atoms with Gasteiger partial charge in [-0.1, -0.05) is 11.6 Å². The summed E-state index contributed by atoms with van der Waals surface area (Å²) in [4.78, 5) is 34.4. The molecule has 0 saturated carbocycles. The van der Waals surface area contributed by atoms with Crippen molar-refractivity contribution < 1.29 is 28.7 Å². The summed E-state index contributed by atoms with van der Waals surface area (Å²) in [5, 5.41) is 13.7. The monoisotopic (exact) mass is 392 g/mol. The Morgan fingerprint density at radius 3 is 2.63 bits per heavy atom. The van der Waals surface area contributed by atoms with E-state index in [2.05, 4.69) is 5.32 Å². The molecule has 0 fully saturated rings. The van der Waals surface area contributed by atoms with Gasteiger partial charge in [0.2, 0.25) is 6.79 Å². The second-order valence-electron chi connectivity index (χ2n) is 5.51. The standard InChI is InChI=1S/C17H13ClN2O7/c1-9(21)11-5-15-16(27-8-26-15)6-12(11)19-17(22)7-25-14-3-2-10(18)4-13(14)20(23)24/h2-6H,7-8H2,1H3,(H,19,22). The second-order valence-corrected chi connectivity index (χ2v) is 5.95. The minimum absolute atomic E-state index is 0.0213. The fraction of sp³-hybridized carbons (Fsp3) is 0.176. The summed E-state index contributed by atoms with van der Waals surface area (Å²) >= 11 is 5.73. The Hall–Kier alpha value is -3.33. The van der Waals surface area contributed by atoms with Crippen LogP contribution >= 0.6 is 11.6 Å². The molecule has 2 aromatic carbocycles. The molecule has 9 nitrogen and oxygen atoms in total. The Balaban J connectivity index is 1.74. The van der Waals surface area contributed by atoms with Crippen molar-refractivity contribution in [3.8, 4) is 17.2 Å². The summed E-state index contributed by atoms with van der Waals surface area (Å²) in [5.74, 6) is -0.189. The van der Waals surface area contributed by atoms with Crippen LogP contribution in [-0.2, 0) is 4.79 Å². The number of anilines is 1. The average Bonchev–Trinajstić information content (AvgIpc) is 3.07. The molecule has 0 radical (unpaired) electrons. The molecule has 0 aliphatic carbocycles. The van der Waals surface area contributed by atoms with E-state index in [1.54, 1.807) is 0 Å². The lowest BCUT2D eigenvalue weighted by Gasteiger charge is -2.11. The van der Waals surface area contributed by atoms with Gasteiger partial charge in [-0.25, -0.2) is 0 Å². The second kappa shape index (κ2) is 7.50. The first-order chi connectivity index (χ1) is 12.8. The maximum absolute atomic E-state index is 12.2. The van der Waals surface area contributed by atoms with Crippen LogP contribution in [0.5, 0.6) is 17.2 Å². The lowest BCUT2D eigenvalue weighted by Crippen LogP contribution is -2.21. The normalized spacial score (nSPS) is 11.8. The van der Waals surface area contributed by atoms with Gasteiger partial charge in [0.25, 0.3) is 5.91 Å². The summed E-state index contributed by atoms with van der Waals surface area (Å²) < 4.78 is 15.7. The van der Waals surface area contributed by atoms with Crippen molar-refractivity contribution in [2.45, 2.75) is 6.92 Å². The van der Waals surface area contributed by atoms with Gasteiger partial charge in [0.15, 0.2) is 29.6 Å². The molecule has 27 heavy (non-hydrogen) atoms. The molecule has 0 unspecified atom stereocenters. The highest BCUT2D eigenvalue weighted by Gasteiger charge is 2.21. The Kier molecular flexibility index (Phi) is 5.13. The van der Waals surface area contributed by atoms with Crippen LogP contribution in [0.1, 0.15) is 17.3 Å². The third-order valence-electron chi connectivity index (χ3n) is 3.64. The number of rotatable bonds is 6. The smallest absolute Gasteiger partial charge is 0.312 e. The number of carbonyl (C=O) groups is 2. The van der Waals surface area contributed by atoms with Crippen LogP contribution in [-0.4, -0.2) is 30.0 Å². The molecule has 3 rings (SSSR count). The van der Waals surface area contributed by atoms with E-state index in [-0.39, 0.29) is 40.3 Å². The van der Waals surface area contributed by atoms with Crippen LogP contribution in [0.3, 0.4) is 0 Å². The first-order valence-electron chi connectivity index (χ1n) is 7.66. The van der Waals surface area contributed by atoms with E-state index in [4.69, 9.17) is 25.8 Å². The quantitative estimate of drug-likeness (QED) is 0.455. The number of nitrogens with zero attached hydrogens (tertiary/aromatic N) is 1. The molecular formula is C17H13ClN2O7. The molecule has 10 heteroatoms. The predicted molar refractivity (Wildman–Crippen MR) is 94.8 cm³/mol. The van der Waals surface area contributed by atoms with Gasteiger partial charge in [0, 0.05) is 22.7 Å². The lowest BCUT2D eigenvalue weighted by atomic mass is 10.1. The number of hydrogen-bond donors (Lipinski definition) is 1. The average molecular weight is 393 g/mol. The van der Waals surface area contributed by atoms with E-state index in [0.717, 1.165) is 6.07 Å². The van der Waals surface area contributed by atoms with Crippen molar-refractivity contribution in [3.05, 3.63) is 51.0 Å². The number of Topliss-reactive ketones (excluding diaryl/α,β-unsaturated/α-hetero) is 1. The topological polar surface area (TPSA) is 117 Å². The molecule has 0 spiro atoms. The van der Waals surface area contributed by atoms with Crippen LogP contribution in [0, 0.1) is 10.1 Å². The number of halogens is 1. The zero-order chi connectivity index (χ0) is 19.6. The fourth-order valence-corrected chi connectivity index (χ4v) is 2.59. The van der Waals surface area contributed by atoms with E-state index in [0.29, 0.717) is 11.5 Å². The summed E-state index contributed by atoms with van der Waals surface area (Å²) in [6.07, 6.45) is 0. The fourth-order valence-electron chi connectivity index (χ4n) is 2.42. The number of hydrogen-bond acceptors (Lipinski definition) is 7. The zero-order valence-corrected chi connectivity index (χ0v) is 14.7. The number of carbonyl (C=O) groups excluding carboxylic acids is 2.